The molecule has 0 saturated heterocycles. The molecule has 0 aliphatic rings. The third-order valence-electron chi connectivity index (χ3n) is 2.27. The number of hydrogen-bond donors (Lipinski definition) is 1. The highest BCUT2D eigenvalue weighted by atomic mass is 32.1. The Labute approximate surface area is 108 Å². The maximum atomic E-state index is 11.9. The van der Waals surface area contributed by atoms with Crippen molar-refractivity contribution in [2.75, 3.05) is 12.4 Å². The lowest BCUT2D eigenvalue weighted by Crippen LogP contribution is -2.14. The molecule has 1 heterocycles. The van der Waals surface area contributed by atoms with Gasteiger partial charge in [-0.05, 0) is 12.1 Å². The van der Waals surface area contributed by atoms with Crippen LogP contribution in [-0.2, 0) is 0 Å². The van der Waals surface area contributed by atoms with Crippen molar-refractivity contribution in [3.8, 4) is 11.8 Å². The summed E-state index contributed by atoms with van der Waals surface area (Å²) in [5, 5.41) is 13.3. The quantitative estimate of drug-likeness (QED) is 0.917. The number of rotatable bonds is 3. The van der Waals surface area contributed by atoms with Gasteiger partial charge in [-0.3, -0.25) is 4.79 Å². The lowest BCUT2D eigenvalue weighted by molar-refractivity contribution is 0.102. The summed E-state index contributed by atoms with van der Waals surface area (Å²) in [5.74, 6) is 0.0786. The van der Waals surface area contributed by atoms with Crippen LogP contribution < -0.4 is 10.1 Å². The van der Waals surface area contributed by atoms with Crippen LogP contribution in [0.1, 0.15) is 16.1 Å². The summed E-state index contributed by atoms with van der Waals surface area (Å²) in [7, 11) is 1.48. The number of carbonyl (C=O) groups excluding carboxylic acids is 1. The highest BCUT2D eigenvalue weighted by Crippen LogP contribution is 2.28. The number of nitrogens with zero attached hydrogens (tertiary/aromatic N) is 2. The van der Waals surface area contributed by atoms with Gasteiger partial charge in [-0.15, -0.1) is 11.3 Å². The van der Waals surface area contributed by atoms with E-state index in [0.29, 0.717) is 22.7 Å². The Morgan fingerprint density at radius 2 is 2.39 bits per heavy atom. The van der Waals surface area contributed by atoms with Gasteiger partial charge in [0.25, 0.3) is 5.91 Å². The monoisotopic (exact) mass is 259 g/mol. The van der Waals surface area contributed by atoms with Gasteiger partial charge in [0.1, 0.15) is 23.2 Å². The van der Waals surface area contributed by atoms with Gasteiger partial charge in [0.2, 0.25) is 0 Å². The fourth-order valence-corrected chi connectivity index (χ4v) is 1.96. The van der Waals surface area contributed by atoms with Gasteiger partial charge in [-0.1, -0.05) is 6.07 Å². The minimum absolute atomic E-state index is 0.315. The van der Waals surface area contributed by atoms with E-state index in [9.17, 15) is 4.79 Å². The molecule has 0 atom stereocenters. The number of hydrogen-bond acceptors (Lipinski definition) is 5. The minimum Gasteiger partial charge on any atom is -0.495 e. The Hall–Kier alpha value is -2.39. The van der Waals surface area contributed by atoms with E-state index in [-0.39, 0.29) is 5.91 Å². The number of ether oxygens (including phenoxy) is 1. The molecular formula is C12H9N3O2S. The number of methoxy groups -OCH3 is 1. The molecule has 0 aliphatic carbocycles. The van der Waals surface area contributed by atoms with Crippen LogP contribution in [-0.4, -0.2) is 18.0 Å². The molecule has 1 amide bonds. The van der Waals surface area contributed by atoms with Gasteiger partial charge in [-0.25, -0.2) is 4.98 Å². The summed E-state index contributed by atoms with van der Waals surface area (Å²) in [6.07, 6.45) is 0. The average Bonchev–Trinajstić information content (AvgIpc) is 2.93. The molecule has 6 heteroatoms. The fraction of sp³-hybridized carbons (Fsp3) is 0.0833. The molecular weight excluding hydrogens is 250 g/mol. The standard InChI is InChI=1S/C12H9N3O2S/c1-17-10-4-2-3-8(5-13)11(10)15-12(16)9-6-18-7-14-9/h2-4,6-7H,1H3,(H,15,16). The van der Waals surface area contributed by atoms with Crippen LogP contribution in [0.4, 0.5) is 5.69 Å². The topological polar surface area (TPSA) is 75.0 Å². The highest BCUT2D eigenvalue weighted by Gasteiger charge is 2.14. The largest absolute Gasteiger partial charge is 0.495 e. The van der Waals surface area contributed by atoms with Crippen molar-refractivity contribution in [2.24, 2.45) is 0 Å². The molecule has 5 nitrogen and oxygen atoms in total. The SMILES string of the molecule is COc1cccc(C#N)c1NC(=O)c1cscn1. The molecule has 18 heavy (non-hydrogen) atoms. The minimum atomic E-state index is -0.364. The molecule has 0 unspecified atom stereocenters. The number of aromatic nitrogens is 1. The van der Waals surface area contributed by atoms with Crippen LogP contribution in [0.15, 0.2) is 29.1 Å². The van der Waals surface area contributed by atoms with Gasteiger partial charge < -0.3 is 10.1 Å². The molecule has 0 radical (unpaired) electrons. The number of benzene rings is 1. The number of carbonyl (C=O) groups is 1. The number of nitriles is 1. The zero-order valence-electron chi connectivity index (χ0n) is 9.51. The summed E-state index contributed by atoms with van der Waals surface area (Å²) in [6, 6.07) is 6.99. The highest BCUT2D eigenvalue weighted by molar-refractivity contribution is 7.07. The van der Waals surface area contributed by atoms with E-state index in [0.717, 1.165) is 0 Å². The Balaban J connectivity index is 2.34. The van der Waals surface area contributed by atoms with Crippen LogP contribution in [0.2, 0.25) is 0 Å². The Morgan fingerprint density at radius 1 is 1.56 bits per heavy atom. The smallest absolute Gasteiger partial charge is 0.275 e. The lowest BCUT2D eigenvalue weighted by Gasteiger charge is -2.10. The summed E-state index contributed by atoms with van der Waals surface area (Å²) >= 11 is 1.33. The summed E-state index contributed by atoms with van der Waals surface area (Å²) in [6.45, 7) is 0. The zero-order chi connectivity index (χ0) is 13.0. The molecule has 0 saturated carbocycles. The van der Waals surface area contributed by atoms with Gasteiger partial charge in [0.05, 0.1) is 18.2 Å². The normalized spacial score (nSPS) is 9.56. The van der Waals surface area contributed by atoms with Crippen molar-refractivity contribution < 1.29 is 9.53 Å². The summed E-state index contributed by atoms with van der Waals surface area (Å²) < 4.78 is 5.12. The molecule has 0 spiro atoms. The van der Waals surface area contributed by atoms with E-state index in [2.05, 4.69) is 10.3 Å². The van der Waals surface area contributed by atoms with Gasteiger partial charge in [0, 0.05) is 5.38 Å². The predicted octanol–water partition coefficient (Wildman–Crippen LogP) is 2.28. The van der Waals surface area contributed by atoms with Crippen LogP contribution in [0.3, 0.4) is 0 Å². The average molecular weight is 259 g/mol. The van der Waals surface area contributed by atoms with E-state index in [1.54, 1.807) is 29.1 Å². The molecule has 0 aliphatic heterocycles. The van der Waals surface area contributed by atoms with Crippen molar-refractivity contribution in [2.45, 2.75) is 0 Å². The Bertz CT molecular complexity index is 602. The van der Waals surface area contributed by atoms with Crippen molar-refractivity contribution in [3.63, 3.8) is 0 Å². The molecule has 2 rings (SSSR count). The second kappa shape index (κ2) is 5.29. The molecule has 1 N–H and O–H groups in total. The van der Waals surface area contributed by atoms with Crippen LogP contribution in [0, 0.1) is 11.3 Å². The number of nitrogens with one attached hydrogen (secondary N) is 1. The van der Waals surface area contributed by atoms with Crippen molar-refractivity contribution in [3.05, 3.63) is 40.3 Å². The Kier molecular flexibility index (Phi) is 3.55. The molecule has 2 aromatic rings. The lowest BCUT2D eigenvalue weighted by atomic mass is 10.1. The first-order valence-electron chi connectivity index (χ1n) is 5.03. The van der Waals surface area contributed by atoms with E-state index in [4.69, 9.17) is 10.00 Å². The first-order valence-corrected chi connectivity index (χ1v) is 5.97. The third kappa shape index (κ3) is 2.31. The van der Waals surface area contributed by atoms with E-state index in [1.807, 2.05) is 6.07 Å². The maximum Gasteiger partial charge on any atom is 0.275 e. The molecule has 0 fully saturated rings. The fourth-order valence-electron chi connectivity index (χ4n) is 1.43. The Morgan fingerprint density at radius 3 is 3.00 bits per heavy atom. The second-order valence-electron chi connectivity index (χ2n) is 3.32. The molecule has 1 aromatic heterocycles. The van der Waals surface area contributed by atoms with Crippen molar-refractivity contribution in [1.29, 1.82) is 5.26 Å². The molecule has 1 aromatic carbocycles. The van der Waals surface area contributed by atoms with E-state index >= 15 is 0 Å². The van der Waals surface area contributed by atoms with Crippen LogP contribution >= 0.6 is 11.3 Å². The summed E-state index contributed by atoms with van der Waals surface area (Å²) in [5.41, 5.74) is 2.59. The predicted molar refractivity (Wildman–Crippen MR) is 67.8 cm³/mol. The van der Waals surface area contributed by atoms with Crippen LogP contribution in [0.5, 0.6) is 5.75 Å². The number of thiazole rings is 1. The van der Waals surface area contributed by atoms with Gasteiger partial charge in [0.15, 0.2) is 0 Å². The van der Waals surface area contributed by atoms with Crippen molar-refractivity contribution in [1.82, 2.24) is 4.98 Å². The van der Waals surface area contributed by atoms with Gasteiger partial charge >= 0.3 is 0 Å². The number of para-hydroxylation sites is 1. The molecule has 0 bridgehead atoms. The first-order chi connectivity index (χ1) is 8.76. The number of anilines is 1. The second-order valence-corrected chi connectivity index (χ2v) is 4.04. The van der Waals surface area contributed by atoms with Crippen LogP contribution in [0.25, 0.3) is 0 Å². The van der Waals surface area contributed by atoms with E-state index < -0.39 is 0 Å². The van der Waals surface area contributed by atoms with E-state index in [1.165, 1.54) is 18.4 Å². The first kappa shape index (κ1) is 12.1. The zero-order valence-corrected chi connectivity index (χ0v) is 10.3. The maximum absolute atomic E-state index is 11.9. The van der Waals surface area contributed by atoms with Crippen molar-refractivity contribution >= 4 is 22.9 Å². The third-order valence-corrected chi connectivity index (χ3v) is 2.86. The molecule has 90 valence electrons. The van der Waals surface area contributed by atoms with Gasteiger partial charge in [-0.2, -0.15) is 5.26 Å². The summed E-state index contributed by atoms with van der Waals surface area (Å²) in [4.78, 5) is 15.8. The number of amides is 1.